The Morgan fingerprint density at radius 3 is 2.29 bits per heavy atom. The van der Waals surface area contributed by atoms with E-state index >= 15 is 0 Å². The maximum atomic E-state index is 12.3. The number of fused-ring (bicyclic) bond motifs is 1. The highest BCUT2D eigenvalue weighted by molar-refractivity contribution is 7.90. The van der Waals surface area contributed by atoms with Crippen molar-refractivity contribution < 1.29 is 26.2 Å². The summed E-state index contributed by atoms with van der Waals surface area (Å²) < 4.78 is 60.0. The summed E-state index contributed by atoms with van der Waals surface area (Å²) >= 11 is 0. The highest BCUT2D eigenvalue weighted by Gasteiger charge is 2.44. The average molecular weight is 264 g/mol. The molecule has 92 valence electrons. The van der Waals surface area contributed by atoms with E-state index in [1.54, 1.807) is 0 Å². The standard InChI is InChI=1S/C8H6BF3NO3S/c10-9(11,12)5-13-8(14)6-3-1-2-4-7(6)17(13,15)16/h1-4H,5H2/q-1. The highest BCUT2D eigenvalue weighted by atomic mass is 32.2. The van der Waals surface area contributed by atoms with Gasteiger partial charge in [-0.3, -0.25) is 9.10 Å². The molecule has 0 unspecified atom stereocenters. The van der Waals surface area contributed by atoms with Crippen molar-refractivity contribution in [2.45, 2.75) is 4.90 Å². The van der Waals surface area contributed by atoms with Crippen LogP contribution in [0.1, 0.15) is 10.4 Å². The van der Waals surface area contributed by atoms with Crippen LogP contribution in [0.4, 0.5) is 12.9 Å². The smallest absolute Gasteiger partial charge is 0.448 e. The Hall–Kier alpha value is -1.51. The summed E-state index contributed by atoms with van der Waals surface area (Å²) in [6, 6.07) is 5.06. The number of hydrogen-bond donors (Lipinski definition) is 0. The van der Waals surface area contributed by atoms with E-state index in [0.717, 1.165) is 6.07 Å². The fourth-order valence-corrected chi connectivity index (χ4v) is 3.20. The lowest BCUT2D eigenvalue weighted by Crippen LogP contribution is -2.41. The van der Waals surface area contributed by atoms with Crippen molar-refractivity contribution in [3.63, 3.8) is 0 Å². The summed E-state index contributed by atoms with van der Waals surface area (Å²) in [5.74, 6) is -1.13. The molecule has 0 bridgehead atoms. The molecule has 1 amide bonds. The van der Waals surface area contributed by atoms with E-state index in [-0.39, 0.29) is 14.8 Å². The van der Waals surface area contributed by atoms with Crippen molar-refractivity contribution in [2.75, 3.05) is 6.44 Å². The van der Waals surface area contributed by atoms with Gasteiger partial charge in [-0.15, -0.1) is 0 Å². The zero-order chi connectivity index (χ0) is 12.8. The van der Waals surface area contributed by atoms with Crippen LogP contribution in [0.5, 0.6) is 0 Å². The molecule has 1 aromatic carbocycles. The molecule has 0 N–H and O–H groups in total. The van der Waals surface area contributed by atoms with Crippen molar-refractivity contribution in [3.05, 3.63) is 29.8 Å². The van der Waals surface area contributed by atoms with Gasteiger partial charge >= 0.3 is 6.98 Å². The Morgan fingerprint density at radius 2 is 1.76 bits per heavy atom. The number of hydrogen-bond acceptors (Lipinski definition) is 3. The second-order valence-electron chi connectivity index (χ2n) is 3.55. The summed E-state index contributed by atoms with van der Waals surface area (Å²) in [5, 5.41) is 0. The van der Waals surface area contributed by atoms with Crippen LogP contribution in [-0.4, -0.2) is 32.1 Å². The molecular formula is C8H6BF3NO3S-. The largest absolute Gasteiger partial charge is 0.498 e. The molecule has 0 radical (unpaired) electrons. The third kappa shape index (κ3) is 1.90. The predicted octanol–water partition coefficient (Wildman–Crippen LogP) is 1.22. The zero-order valence-corrected chi connectivity index (χ0v) is 9.12. The SMILES string of the molecule is O=C1c2ccccc2S(=O)(=O)N1C[B-](F)(F)F. The van der Waals surface area contributed by atoms with Crippen LogP contribution in [0.2, 0.25) is 0 Å². The lowest BCUT2D eigenvalue weighted by Gasteiger charge is -2.22. The number of carbonyl (C=O) groups excluding carboxylic acids is 1. The second kappa shape index (κ2) is 3.49. The summed E-state index contributed by atoms with van der Waals surface area (Å²) in [6.45, 7) is -5.39. The minimum atomic E-state index is -5.39. The Labute approximate surface area is 95.1 Å². The van der Waals surface area contributed by atoms with E-state index in [1.165, 1.54) is 18.2 Å². The van der Waals surface area contributed by atoms with Crippen molar-refractivity contribution >= 4 is 22.9 Å². The van der Waals surface area contributed by atoms with E-state index in [0.29, 0.717) is 0 Å². The van der Waals surface area contributed by atoms with Crippen LogP contribution in [0.15, 0.2) is 29.2 Å². The van der Waals surface area contributed by atoms with E-state index in [9.17, 15) is 26.2 Å². The van der Waals surface area contributed by atoms with Gasteiger partial charge < -0.3 is 12.9 Å². The van der Waals surface area contributed by atoms with Crippen molar-refractivity contribution in [3.8, 4) is 0 Å². The molecule has 1 aromatic rings. The monoisotopic (exact) mass is 264 g/mol. The molecule has 1 aliphatic rings. The Morgan fingerprint density at radius 1 is 1.18 bits per heavy atom. The Balaban J connectivity index is 2.52. The molecule has 0 fully saturated rings. The molecule has 0 spiro atoms. The molecule has 0 saturated carbocycles. The van der Waals surface area contributed by atoms with E-state index < -0.39 is 29.4 Å². The molecular weight excluding hydrogens is 258 g/mol. The normalized spacial score (nSPS) is 18.3. The fourth-order valence-electron chi connectivity index (χ4n) is 1.60. The van der Waals surface area contributed by atoms with Gasteiger partial charge in [0.2, 0.25) is 0 Å². The van der Waals surface area contributed by atoms with E-state index in [1.807, 2.05) is 0 Å². The highest BCUT2D eigenvalue weighted by Crippen LogP contribution is 2.31. The van der Waals surface area contributed by atoms with Crippen LogP contribution in [0.3, 0.4) is 0 Å². The van der Waals surface area contributed by atoms with Crippen molar-refractivity contribution in [2.24, 2.45) is 0 Å². The van der Waals surface area contributed by atoms with Gasteiger partial charge in [0.05, 0.1) is 5.56 Å². The number of benzene rings is 1. The van der Waals surface area contributed by atoms with Gasteiger partial charge in [0.15, 0.2) is 0 Å². The number of sulfonamides is 1. The maximum Gasteiger partial charge on any atom is 0.498 e. The number of nitrogens with zero attached hydrogens (tertiary/aromatic N) is 1. The third-order valence-electron chi connectivity index (χ3n) is 2.28. The minimum absolute atomic E-state index is 0.127. The summed E-state index contributed by atoms with van der Waals surface area (Å²) in [4.78, 5) is 11.2. The topological polar surface area (TPSA) is 54.5 Å². The maximum absolute atomic E-state index is 12.3. The van der Waals surface area contributed by atoms with Gasteiger partial charge in [-0.25, -0.2) is 8.42 Å². The second-order valence-corrected chi connectivity index (χ2v) is 5.38. The molecule has 4 nitrogen and oxygen atoms in total. The quantitative estimate of drug-likeness (QED) is 0.754. The Kier molecular flexibility index (Phi) is 2.46. The van der Waals surface area contributed by atoms with E-state index in [2.05, 4.69) is 0 Å². The minimum Gasteiger partial charge on any atom is -0.448 e. The summed E-state index contributed by atoms with van der Waals surface area (Å²) in [6.07, 6.45) is -1.74. The number of rotatable bonds is 2. The third-order valence-corrected chi connectivity index (χ3v) is 4.09. The van der Waals surface area contributed by atoms with Gasteiger partial charge in [0.25, 0.3) is 15.9 Å². The molecule has 2 rings (SSSR count). The number of amides is 1. The summed E-state index contributed by atoms with van der Waals surface area (Å²) in [7, 11) is -4.35. The van der Waals surface area contributed by atoms with Gasteiger partial charge in [-0.2, -0.15) is 0 Å². The number of carbonyl (C=O) groups is 1. The number of halogens is 3. The molecule has 17 heavy (non-hydrogen) atoms. The van der Waals surface area contributed by atoms with Crippen LogP contribution < -0.4 is 0 Å². The fraction of sp³-hybridized carbons (Fsp3) is 0.125. The van der Waals surface area contributed by atoms with Gasteiger partial charge in [0, 0.05) is 6.44 Å². The summed E-state index contributed by atoms with van der Waals surface area (Å²) in [5.41, 5.74) is -0.215. The molecule has 1 aliphatic heterocycles. The van der Waals surface area contributed by atoms with Crippen LogP contribution in [0.25, 0.3) is 0 Å². The Bertz CT molecular complexity index is 584. The lowest BCUT2D eigenvalue weighted by atomic mass is 9.92. The molecule has 1 heterocycles. The van der Waals surface area contributed by atoms with Crippen LogP contribution in [0, 0.1) is 0 Å². The molecule has 0 saturated heterocycles. The average Bonchev–Trinajstić information content (AvgIpc) is 2.39. The van der Waals surface area contributed by atoms with Gasteiger partial charge in [-0.05, 0) is 12.1 Å². The van der Waals surface area contributed by atoms with Gasteiger partial charge in [0.1, 0.15) is 4.90 Å². The molecule has 0 aliphatic carbocycles. The zero-order valence-electron chi connectivity index (χ0n) is 8.31. The first-order valence-electron chi connectivity index (χ1n) is 4.60. The van der Waals surface area contributed by atoms with Crippen molar-refractivity contribution in [1.29, 1.82) is 0 Å². The molecule has 0 aromatic heterocycles. The predicted molar refractivity (Wildman–Crippen MR) is 53.7 cm³/mol. The van der Waals surface area contributed by atoms with E-state index in [4.69, 9.17) is 0 Å². The first kappa shape index (κ1) is 12.0. The van der Waals surface area contributed by atoms with Crippen LogP contribution >= 0.6 is 0 Å². The first-order valence-corrected chi connectivity index (χ1v) is 6.04. The first-order chi connectivity index (χ1) is 7.73. The van der Waals surface area contributed by atoms with Gasteiger partial charge in [-0.1, -0.05) is 12.1 Å². The van der Waals surface area contributed by atoms with Crippen molar-refractivity contribution in [1.82, 2.24) is 4.31 Å². The lowest BCUT2D eigenvalue weighted by molar-refractivity contribution is 0.0876. The molecule has 9 heteroatoms. The van der Waals surface area contributed by atoms with Crippen LogP contribution in [-0.2, 0) is 10.0 Å². The molecule has 0 atom stereocenters.